The van der Waals surface area contributed by atoms with Gasteiger partial charge in [-0.05, 0) is 67.2 Å². The first-order valence-electron chi connectivity index (χ1n) is 11.8. The van der Waals surface area contributed by atoms with E-state index >= 15 is 0 Å². The van der Waals surface area contributed by atoms with Crippen molar-refractivity contribution in [3.8, 4) is 11.8 Å². The minimum absolute atomic E-state index is 0.00923. The van der Waals surface area contributed by atoms with E-state index in [-0.39, 0.29) is 24.5 Å². The topological polar surface area (TPSA) is 65.4 Å². The zero-order valence-electron chi connectivity index (χ0n) is 18.6. The number of carbonyl (C=O) groups is 1. The number of benzene rings is 1. The molecule has 5 nitrogen and oxygen atoms in total. The van der Waals surface area contributed by atoms with Gasteiger partial charge in [0.1, 0.15) is 17.4 Å². The Hall–Kier alpha value is -2.69. The second kappa shape index (κ2) is 7.96. The number of halogens is 3. The Morgan fingerprint density at radius 1 is 1.21 bits per heavy atom. The van der Waals surface area contributed by atoms with Gasteiger partial charge in [0.15, 0.2) is 0 Å². The molecular formula is C25H28F3N3O2. The van der Waals surface area contributed by atoms with Gasteiger partial charge in [0, 0.05) is 31.6 Å². The number of nitriles is 1. The van der Waals surface area contributed by atoms with Gasteiger partial charge in [-0.25, -0.2) is 0 Å². The highest BCUT2D eigenvalue weighted by molar-refractivity contribution is 5.99. The van der Waals surface area contributed by atoms with E-state index in [0.717, 1.165) is 49.2 Å². The number of amides is 1. The number of alkyl halides is 3. The lowest BCUT2D eigenvalue weighted by atomic mass is 9.68. The van der Waals surface area contributed by atoms with Crippen LogP contribution in [-0.4, -0.2) is 36.7 Å². The van der Waals surface area contributed by atoms with Crippen LogP contribution in [0, 0.1) is 16.7 Å². The van der Waals surface area contributed by atoms with Crippen LogP contribution in [-0.2, 0) is 16.8 Å². The number of carbonyl (C=O) groups excluding carboxylic acids is 1. The van der Waals surface area contributed by atoms with E-state index in [1.165, 1.54) is 19.3 Å². The van der Waals surface area contributed by atoms with Crippen molar-refractivity contribution in [2.24, 2.45) is 5.41 Å². The molecule has 8 heteroatoms. The van der Waals surface area contributed by atoms with E-state index in [2.05, 4.69) is 16.3 Å². The number of ether oxygens (including phenoxy) is 1. The number of hydrogen-bond donors (Lipinski definition) is 1. The molecule has 1 aromatic carbocycles. The summed E-state index contributed by atoms with van der Waals surface area (Å²) in [5.74, 6) is 0.240. The third kappa shape index (κ3) is 4.07. The fourth-order valence-electron chi connectivity index (χ4n) is 6.06. The molecule has 1 atom stereocenters. The van der Waals surface area contributed by atoms with Crippen LogP contribution >= 0.6 is 0 Å². The van der Waals surface area contributed by atoms with Gasteiger partial charge in [0.05, 0.1) is 12.1 Å². The molecule has 176 valence electrons. The molecule has 1 saturated carbocycles. The van der Waals surface area contributed by atoms with Crippen molar-refractivity contribution < 1.29 is 22.7 Å². The molecule has 2 aliphatic heterocycles. The van der Waals surface area contributed by atoms with Crippen molar-refractivity contribution >= 4 is 5.91 Å². The lowest BCUT2D eigenvalue weighted by Gasteiger charge is -2.42. The zero-order valence-corrected chi connectivity index (χ0v) is 18.6. The average Bonchev–Trinajstić information content (AvgIpc) is 3.33. The van der Waals surface area contributed by atoms with Crippen molar-refractivity contribution in [1.82, 2.24) is 10.2 Å². The molecule has 5 rings (SSSR count). The van der Waals surface area contributed by atoms with Crippen LogP contribution in [0.1, 0.15) is 62.5 Å². The zero-order chi connectivity index (χ0) is 23.3. The van der Waals surface area contributed by atoms with E-state index in [0.29, 0.717) is 17.6 Å². The molecule has 1 N–H and O–H groups in total. The molecule has 0 radical (unpaired) electrons. The second-order valence-corrected chi connectivity index (χ2v) is 10.1. The van der Waals surface area contributed by atoms with Gasteiger partial charge in [-0.2, -0.15) is 18.4 Å². The van der Waals surface area contributed by atoms with Crippen molar-refractivity contribution in [3.05, 3.63) is 40.6 Å². The summed E-state index contributed by atoms with van der Waals surface area (Å²) in [4.78, 5) is 15.3. The first-order chi connectivity index (χ1) is 15.7. The van der Waals surface area contributed by atoms with Gasteiger partial charge in [-0.3, -0.25) is 4.79 Å². The molecule has 2 fully saturated rings. The van der Waals surface area contributed by atoms with Crippen LogP contribution in [0.25, 0.3) is 0 Å². The third-order valence-electron chi connectivity index (χ3n) is 7.97. The van der Waals surface area contributed by atoms with Crippen molar-refractivity contribution in [3.63, 3.8) is 0 Å². The van der Waals surface area contributed by atoms with Gasteiger partial charge < -0.3 is 15.0 Å². The Bertz CT molecular complexity index is 1040. The molecule has 0 unspecified atom stereocenters. The molecule has 1 aromatic rings. The monoisotopic (exact) mass is 459 g/mol. The highest BCUT2D eigenvalue weighted by Crippen LogP contribution is 2.51. The standard InChI is InChI=1S/C25H28F3N3O2/c26-25(27,28)8-2-12-33-18-3-4-20-17(13-18)5-9-24(20)14-21(19(15-29)22(32)30-24)31-11-10-23(16-31)6-1-7-23/h3-4,13H,1-2,5-12,14,16H2,(H,30,32)/t24-/m0/s1. The Kier molecular flexibility index (Phi) is 5.34. The van der Waals surface area contributed by atoms with Crippen molar-refractivity contribution in [2.75, 3.05) is 19.7 Å². The van der Waals surface area contributed by atoms with Gasteiger partial charge in [0.2, 0.25) is 0 Å². The second-order valence-electron chi connectivity index (χ2n) is 10.1. The Labute approximate surface area is 191 Å². The lowest BCUT2D eigenvalue weighted by molar-refractivity contribution is -0.136. The molecule has 0 bridgehead atoms. The highest BCUT2D eigenvalue weighted by atomic mass is 19.4. The summed E-state index contributed by atoms with van der Waals surface area (Å²) < 4.78 is 42.6. The average molecular weight is 460 g/mol. The van der Waals surface area contributed by atoms with Gasteiger partial charge in [0.25, 0.3) is 5.91 Å². The number of nitrogens with one attached hydrogen (secondary N) is 1. The number of nitrogens with zero attached hydrogens (tertiary/aromatic N) is 2. The summed E-state index contributed by atoms with van der Waals surface area (Å²) in [6.45, 7) is 1.82. The van der Waals surface area contributed by atoms with Gasteiger partial charge in [-0.15, -0.1) is 0 Å². The van der Waals surface area contributed by atoms with E-state index in [1.54, 1.807) is 6.07 Å². The smallest absolute Gasteiger partial charge is 0.389 e. The number of aryl methyl sites for hydroxylation is 1. The molecule has 2 spiro atoms. The van der Waals surface area contributed by atoms with Crippen LogP contribution in [0.4, 0.5) is 13.2 Å². The maximum absolute atomic E-state index is 13.0. The van der Waals surface area contributed by atoms with E-state index in [1.807, 2.05) is 12.1 Å². The summed E-state index contributed by atoms with van der Waals surface area (Å²) in [6, 6.07) is 7.73. The first-order valence-corrected chi connectivity index (χ1v) is 11.8. The fourth-order valence-corrected chi connectivity index (χ4v) is 6.06. The molecule has 0 aromatic heterocycles. The highest BCUT2D eigenvalue weighted by Gasteiger charge is 2.49. The largest absolute Gasteiger partial charge is 0.494 e. The number of hydrogen-bond acceptors (Lipinski definition) is 4. The molecule has 1 saturated heterocycles. The van der Waals surface area contributed by atoms with Crippen molar-refractivity contribution in [1.29, 1.82) is 5.26 Å². The minimum atomic E-state index is -4.17. The summed E-state index contributed by atoms with van der Waals surface area (Å²) in [7, 11) is 0. The van der Waals surface area contributed by atoms with Crippen LogP contribution in [0.2, 0.25) is 0 Å². The van der Waals surface area contributed by atoms with Crippen LogP contribution in [0.15, 0.2) is 29.5 Å². The maximum atomic E-state index is 13.0. The SMILES string of the molecule is N#CC1=C(N2CCC3(CCC3)C2)C[C@]2(CCc3cc(OCCCC(F)(F)F)ccc32)NC1=O. The van der Waals surface area contributed by atoms with Gasteiger partial charge >= 0.3 is 6.18 Å². The van der Waals surface area contributed by atoms with Crippen LogP contribution in [0.3, 0.4) is 0 Å². The quantitative estimate of drug-likeness (QED) is 0.647. The summed E-state index contributed by atoms with van der Waals surface area (Å²) in [6.07, 6.45) is 1.79. The summed E-state index contributed by atoms with van der Waals surface area (Å²) in [5, 5.41) is 12.9. The summed E-state index contributed by atoms with van der Waals surface area (Å²) >= 11 is 0. The normalized spacial score (nSPS) is 25.8. The molecule has 33 heavy (non-hydrogen) atoms. The molecule has 1 amide bonds. The molecule has 2 aliphatic carbocycles. The molecule has 4 aliphatic rings. The maximum Gasteiger partial charge on any atom is 0.389 e. The predicted octanol–water partition coefficient (Wildman–Crippen LogP) is 4.72. The van der Waals surface area contributed by atoms with Gasteiger partial charge in [-0.1, -0.05) is 12.5 Å². The fraction of sp³-hybridized carbons (Fsp3) is 0.600. The number of fused-ring (bicyclic) bond motifs is 2. The molecule has 2 heterocycles. The third-order valence-corrected chi connectivity index (χ3v) is 7.97. The van der Waals surface area contributed by atoms with E-state index < -0.39 is 18.1 Å². The predicted molar refractivity (Wildman–Crippen MR) is 115 cm³/mol. The van der Waals surface area contributed by atoms with E-state index in [4.69, 9.17) is 4.74 Å². The van der Waals surface area contributed by atoms with Crippen LogP contribution < -0.4 is 10.1 Å². The summed E-state index contributed by atoms with van der Waals surface area (Å²) in [5.41, 5.74) is 2.97. The number of rotatable bonds is 5. The minimum Gasteiger partial charge on any atom is -0.494 e. The van der Waals surface area contributed by atoms with Crippen molar-refractivity contribution in [2.45, 2.75) is 69.5 Å². The Morgan fingerprint density at radius 2 is 2.03 bits per heavy atom. The Morgan fingerprint density at radius 3 is 2.70 bits per heavy atom. The first kappa shape index (κ1) is 22.1. The number of likely N-dealkylation sites (tertiary alicyclic amines) is 1. The Balaban J connectivity index is 1.34. The van der Waals surface area contributed by atoms with Crippen LogP contribution in [0.5, 0.6) is 5.75 Å². The van der Waals surface area contributed by atoms with E-state index in [9.17, 15) is 23.2 Å². The molecular weight excluding hydrogens is 431 g/mol. The lowest BCUT2D eigenvalue weighted by Crippen LogP contribution is -2.50.